The summed E-state index contributed by atoms with van der Waals surface area (Å²) >= 11 is 5.79. The number of sulfonamides is 2. The Hall–Kier alpha value is -2.10. The van der Waals surface area contributed by atoms with Gasteiger partial charge in [-0.3, -0.25) is 9.52 Å². The number of hydrogen-bond acceptors (Lipinski definition) is 5. The fraction of sp³-hybridized carbons (Fsp3) is 0.235. The molecule has 1 heterocycles. The Morgan fingerprint density at radius 3 is 2.30 bits per heavy atom. The predicted molar refractivity (Wildman–Crippen MR) is 104 cm³/mol. The molecule has 144 valence electrons. The molecule has 0 aliphatic carbocycles. The van der Waals surface area contributed by atoms with Crippen LogP contribution in [0.4, 0.5) is 11.4 Å². The number of rotatable bonds is 4. The Labute approximate surface area is 163 Å². The van der Waals surface area contributed by atoms with E-state index in [1.54, 1.807) is 19.1 Å². The molecule has 0 spiro atoms. The van der Waals surface area contributed by atoms with Crippen molar-refractivity contribution in [1.29, 1.82) is 0 Å². The average Bonchev–Trinajstić information content (AvgIpc) is 2.76. The minimum atomic E-state index is -3.90. The molecule has 1 unspecified atom stereocenters. The number of amides is 1. The van der Waals surface area contributed by atoms with E-state index in [4.69, 9.17) is 11.6 Å². The number of halogens is 1. The van der Waals surface area contributed by atoms with Gasteiger partial charge in [-0.25, -0.2) is 21.1 Å². The van der Waals surface area contributed by atoms with Crippen LogP contribution in [0.3, 0.4) is 0 Å². The van der Waals surface area contributed by atoms with Crippen molar-refractivity contribution in [2.45, 2.75) is 18.7 Å². The fourth-order valence-electron chi connectivity index (χ4n) is 2.88. The molecule has 27 heavy (non-hydrogen) atoms. The van der Waals surface area contributed by atoms with Gasteiger partial charge in [0.05, 0.1) is 22.3 Å². The van der Waals surface area contributed by atoms with Crippen LogP contribution >= 0.6 is 11.6 Å². The summed E-state index contributed by atoms with van der Waals surface area (Å²) in [5.41, 5.74) is 0.790. The highest BCUT2D eigenvalue weighted by Crippen LogP contribution is 2.31. The second-order valence-electron chi connectivity index (χ2n) is 6.34. The molecule has 1 atom stereocenters. The summed E-state index contributed by atoms with van der Waals surface area (Å²) in [4.78, 5) is 12.2. The van der Waals surface area contributed by atoms with Gasteiger partial charge in [-0.2, -0.15) is 0 Å². The highest BCUT2D eigenvalue weighted by molar-refractivity contribution is 7.94. The van der Waals surface area contributed by atoms with Gasteiger partial charge in [0.15, 0.2) is 0 Å². The third kappa shape index (κ3) is 3.80. The van der Waals surface area contributed by atoms with E-state index in [2.05, 4.69) is 4.72 Å². The van der Waals surface area contributed by atoms with Crippen LogP contribution in [0.5, 0.6) is 0 Å². The standard InChI is InChI=1S/C17H17ClN2O5S2/c1-11-9-15(20-17(21)12(2)10-26(20,22)23)7-8-16(11)27(24,25)19-14-5-3-13(18)4-6-14/h3-9,12,19H,10H2,1-2H3. The molecule has 0 radical (unpaired) electrons. The lowest BCUT2D eigenvalue weighted by molar-refractivity contribution is -0.119. The molecule has 3 rings (SSSR count). The molecule has 1 saturated heterocycles. The molecule has 0 bridgehead atoms. The number of nitrogens with zero attached hydrogens (tertiary/aromatic N) is 1. The molecule has 2 aromatic rings. The van der Waals surface area contributed by atoms with E-state index in [1.807, 2.05) is 0 Å². The van der Waals surface area contributed by atoms with E-state index in [-0.39, 0.29) is 16.3 Å². The van der Waals surface area contributed by atoms with Gasteiger partial charge >= 0.3 is 0 Å². The van der Waals surface area contributed by atoms with Gasteiger partial charge in [0, 0.05) is 10.7 Å². The lowest BCUT2D eigenvalue weighted by Crippen LogP contribution is -2.30. The van der Waals surface area contributed by atoms with Crippen LogP contribution < -0.4 is 9.03 Å². The molecule has 10 heteroatoms. The number of aryl methyl sites for hydroxylation is 1. The zero-order chi connectivity index (χ0) is 20.0. The van der Waals surface area contributed by atoms with Crippen molar-refractivity contribution >= 4 is 48.9 Å². The number of carbonyl (C=O) groups is 1. The van der Waals surface area contributed by atoms with E-state index in [0.29, 0.717) is 16.3 Å². The van der Waals surface area contributed by atoms with Crippen molar-refractivity contribution in [3.05, 3.63) is 53.1 Å². The molecule has 7 nitrogen and oxygen atoms in total. The first-order valence-electron chi connectivity index (χ1n) is 7.97. The quantitative estimate of drug-likeness (QED) is 0.806. The predicted octanol–water partition coefficient (Wildman–Crippen LogP) is 2.76. The summed E-state index contributed by atoms with van der Waals surface area (Å²) in [6, 6.07) is 10.1. The third-order valence-corrected chi connectivity index (χ3v) is 7.80. The molecule has 1 aliphatic rings. The number of hydrogen-bond donors (Lipinski definition) is 1. The monoisotopic (exact) mass is 428 g/mol. The van der Waals surface area contributed by atoms with Crippen LogP contribution in [0, 0.1) is 12.8 Å². The first-order chi connectivity index (χ1) is 12.5. The van der Waals surface area contributed by atoms with E-state index in [9.17, 15) is 21.6 Å². The maximum atomic E-state index is 12.6. The largest absolute Gasteiger partial charge is 0.280 e. The van der Waals surface area contributed by atoms with E-state index in [1.165, 1.54) is 37.3 Å². The molecule has 2 aromatic carbocycles. The minimum absolute atomic E-state index is 0.0155. The Balaban J connectivity index is 1.95. The molecule has 0 aromatic heterocycles. The summed E-state index contributed by atoms with van der Waals surface area (Å²) in [6.07, 6.45) is 0. The van der Waals surface area contributed by atoms with Crippen molar-refractivity contribution in [1.82, 2.24) is 0 Å². The second kappa shape index (κ2) is 6.81. The maximum absolute atomic E-state index is 12.6. The zero-order valence-corrected chi connectivity index (χ0v) is 16.9. The summed E-state index contributed by atoms with van der Waals surface area (Å²) in [5, 5.41) is 0.476. The van der Waals surface area contributed by atoms with Crippen LogP contribution in [0.25, 0.3) is 0 Å². The van der Waals surface area contributed by atoms with Gasteiger partial charge in [-0.1, -0.05) is 18.5 Å². The van der Waals surface area contributed by atoms with Gasteiger partial charge in [0.2, 0.25) is 15.9 Å². The van der Waals surface area contributed by atoms with Gasteiger partial charge in [0.25, 0.3) is 10.0 Å². The molecular weight excluding hydrogens is 412 g/mol. The normalized spacial score (nSPS) is 19.3. The first-order valence-corrected chi connectivity index (χ1v) is 11.4. The van der Waals surface area contributed by atoms with Crippen molar-refractivity contribution in [3.8, 4) is 0 Å². The lowest BCUT2D eigenvalue weighted by atomic mass is 10.2. The van der Waals surface area contributed by atoms with Crippen LogP contribution in [0.1, 0.15) is 12.5 Å². The highest BCUT2D eigenvalue weighted by Gasteiger charge is 2.42. The Kier molecular flexibility index (Phi) is 4.96. The summed E-state index contributed by atoms with van der Waals surface area (Å²) in [6.45, 7) is 3.08. The third-order valence-electron chi connectivity index (χ3n) is 4.14. The van der Waals surface area contributed by atoms with Gasteiger partial charge < -0.3 is 0 Å². The van der Waals surface area contributed by atoms with Gasteiger partial charge in [0.1, 0.15) is 0 Å². The fourth-order valence-corrected chi connectivity index (χ4v) is 6.10. The summed E-state index contributed by atoms with van der Waals surface area (Å²) in [5.74, 6) is -1.42. The number of carbonyl (C=O) groups excluding carboxylic acids is 1. The SMILES string of the molecule is Cc1cc(N2C(=O)C(C)CS2(=O)=O)ccc1S(=O)(=O)Nc1ccc(Cl)cc1. The Morgan fingerprint density at radius 2 is 1.78 bits per heavy atom. The van der Waals surface area contributed by atoms with Crippen LogP contribution in [-0.2, 0) is 24.8 Å². The van der Waals surface area contributed by atoms with Crippen LogP contribution in [-0.4, -0.2) is 28.5 Å². The van der Waals surface area contributed by atoms with E-state index < -0.39 is 31.9 Å². The topological polar surface area (TPSA) is 101 Å². The van der Waals surface area contributed by atoms with Crippen molar-refractivity contribution in [3.63, 3.8) is 0 Å². The summed E-state index contributed by atoms with van der Waals surface area (Å²) in [7, 11) is -7.65. The molecule has 1 N–H and O–H groups in total. The Morgan fingerprint density at radius 1 is 1.15 bits per heavy atom. The maximum Gasteiger partial charge on any atom is 0.262 e. The molecule has 1 amide bonds. The second-order valence-corrected chi connectivity index (χ2v) is 10.3. The van der Waals surface area contributed by atoms with Crippen LogP contribution in [0.2, 0.25) is 5.02 Å². The zero-order valence-electron chi connectivity index (χ0n) is 14.5. The van der Waals surface area contributed by atoms with E-state index >= 15 is 0 Å². The molecule has 1 fully saturated rings. The number of benzene rings is 2. The van der Waals surface area contributed by atoms with Crippen LogP contribution in [0.15, 0.2) is 47.4 Å². The van der Waals surface area contributed by atoms with Crippen molar-refractivity contribution in [2.75, 3.05) is 14.8 Å². The highest BCUT2D eigenvalue weighted by atomic mass is 35.5. The minimum Gasteiger partial charge on any atom is -0.280 e. The summed E-state index contributed by atoms with van der Waals surface area (Å²) < 4.78 is 52.9. The number of nitrogens with one attached hydrogen (secondary N) is 1. The van der Waals surface area contributed by atoms with Crippen molar-refractivity contribution < 1.29 is 21.6 Å². The average molecular weight is 429 g/mol. The van der Waals surface area contributed by atoms with E-state index in [0.717, 1.165) is 4.31 Å². The smallest absolute Gasteiger partial charge is 0.262 e. The van der Waals surface area contributed by atoms with Crippen molar-refractivity contribution in [2.24, 2.45) is 5.92 Å². The lowest BCUT2D eigenvalue weighted by Gasteiger charge is -2.17. The van der Waals surface area contributed by atoms with Gasteiger partial charge in [-0.15, -0.1) is 0 Å². The Bertz CT molecular complexity index is 1110. The number of anilines is 2. The van der Waals surface area contributed by atoms with Gasteiger partial charge in [-0.05, 0) is 55.0 Å². The first kappa shape index (κ1) is 19.7. The molecule has 1 aliphatic heterocycles. The molecular formula is C17H17ClN2O5S2. The molecule has 0 saturated carbocycles.